The summed E-state index contributed by atoms with van der Waals surface area (Å²) in [7, 11) is 0. The molecular formula is C10H13NO4. The van der Waals surface area contributed by atoms with Gasteiger partial charge in [-0.1, -0.05) is 6.92 Å². The third-order valence-electron chi connectivity index (χ3n) is 2.45. The van der Waals surface area contributed by atoms with E-state index in [1.807, 2.05) is 6.92 Å². The minimum absolute atomic E-state index is 0.0528. The molecule has 1 fully saturated rings. The summed E-state index contributed by atoms with van der Waals surface area (Å²) in [6.45, 7) is 2.54. The second kappa shape index (κ2) is 4.02. The Morgan fingerprint density at radius 1 is 1.67 bits per heavy atom. The van der Waals surface area contributed by atoms with E-state index in [1.165, 1.54) is 0 Å². The van der Waals surface area contributed by atoms with Gasteiger partial charge in [-0.25, -0.2) is 9.78 Å². The third kappa shape index (κ3) is 1.87. The topological polar surface area (TPSA) is 72.6 Å². The van der Waals surface area contributed by atoms with Crippen molar-refractivity contribution in [2.75, 3.05) is 6.61 Å². The summed E-state index contributed by atoms with van der Waals surface area (Å²) in [5.74, 6) is -0.714. The molecule has 15 heavy (non-hydrogen) atoms. The maximum atomic E-state index is 10.8. The summed E-state index contributed by atoms with van der Waals surface area (Å²) in [6, 6.07) is 0. The Morgan fingerprint density at radius 3 is 2.93 bits per heavy atom. The summed E-state index contributed by atoms with van der Waals surface area (Å²) in [6.07, 6.45) is 2.21. The quantitative estimate of drug-likeness (QED) is 0.825. The number of hydrogen-bond acceptors (Lipinski definition) is 4. The number of aryl methyl sites for hydroxylation is 1. The zero-order valence-electron chi connectivity index (χ0n) is 8.52. The highest BCUT2D eigenvalue weighted by Gasteiger charge is 2.26. The lowest BCUT2D eigenvalue weighted by Gasteiger charge is -2.01. The van der Waals surface area contributed by atoms with Gasteiger partial charge in [0.25, 0.3) is 0 Å². The van der Waals surface area contributed by atoms with Crippen LogP contribution >= 0.6 is 0 Å². The predicted octanol–water partition coefficient (Wildman–Crippen LogP) is 1.79. The number of carbonyl (C=O) groups is 1. The van der Waals surface area contributed by atoms with Crippen LogP contribution in [0, 0.1) is 0 Å². The van der Waals surface area contributed by atoms with Gasteiger partial charge in [0, 0.05) is 6.61 Å². The number of nitrogens with zero attached hydrogens (tertiary/aromatic N) is 1. The van der Waals surface area contributed by atoms with Crippen LogP contribution in [0.25, 0.3) is 0 Å². The second-order valence-electron chi connectivity index (χ2n) is 3.49. The molecule has 0 aromatic carbocycles. The van der Waals surface area contributed by atoms with Gasteiger partial charge in [-0.05, 0) is 19.3 Å². The van der Waals surface area contributed by atoms with Crippen molar-refractivity contribution in [3.63, 3.8) is 0 Å². The highest BCUT2D eigenvalue weighted by molar-refractivity contribution is 5.85. The zero-order valence-corrected chi connectivity index (χ0v) is 8.52. The molecule has 1 unspecified atom stereocenters. The largest absolute Gasteiger partial charge is 0.475 e. The minimum atomic E-state index is -1.07. The van der Waals surface area contributed by atoms with Gasteiger partial charge in [-0.2, -0.15) is 0 Å². The van der Waals surface area contributed by atoms with Gasteiger partial charge < -0.3 is 14.3 Å². The maximum Gasteiger partial charge on any atom is 0.373 e. The highest BCUT2D eigenvalue weighted by Crippen LogP contribution is 2.29. The van der Waals surface area contributed by atoms with Crippen LogP contribution in [0.1, 0.15) is 48.0 Å². The lowest BCUT2D eigenvalue weighted by atomic mass is 10.2. The highest BCUT2D eigenvalue weighted by atomic mass is 16.5. The monoisotopic (exact) mass is 211 g/mol. The van der Waals surface area contributed by atoms with E-state index in [2.05, 4.69) is 4.98 Å². The molecule has 0 aliphatic carbocycles. The first-order valence-corrected chi connectivity index (χ1v) is 5.07. The fraction of sp³-hybridized carbons (Fsp3) is 0.600. The smallest absolute Gasteiger partial charge is 0.373 e. The molecule has 0 bridgehead atoms. The number of carboxylic acid groups (broad SMARTS) is 1. The third-order valence-corrected chi connectivity index (χ3v) is 2.45. The number of rotatable bonds is 3. The first kappa shape index (κ1) is 10.2. The van der Waals surface area contributed by atoms with Crippen LogP contribution in [-0.4, -0.2) is 22.7 Å². The molecular weight excluding hydrogens is 198 g/mol. The van der Waals surface area contributed by atoms with Crippen molar-refractivity contribution in [3.8, 4) is 0 Å². The molecule has 1 aliphatic rings. The van der Waals surface area contributed by atoms with E-state index in [4.69, 9.17) is 14.3 Å². The molecule has 82 valence electrons. The van der Waals surface area contributed by atoms with E-state index >= 15 is 0 Å². The molecule has 1 saturated heterocycles. The summed E-state index contributed by atoms with van der Waals surface area (Å²) >= 11 is 0. The Kier molecular flexibility index (Phi) is 2.73. The Bertz CT molecular complexity index is 365. The van der Waals surface area contributed by atoms with E-state index in [0.29, 0.717) is 24.6 Å². The molecule has 2 rings (SSSR count). The van der Waals surface area contributed by atoms with E-state index in [9.17, 15) is 4.79 Å². The van der Waals surface area contributed by atoms with Crippen molar-refractivity contribution in [2.45, 2.75) is 32.3 Å². The fourth-order valence-electron chi connectivity index (χ4n) is 1.69. The molecule has 0 spiro atoms. The van der Waals surface area contributed by atoms with Crippen molar-refractivity contribution in [3.05, 3.63) is 17.3 Å². The van der Waals surface area contributed by atoms with Gasteiger partial charge in [-0.3, -0.25) is 0 Å². The van der Waals surface area contributed by atoms with Gasteiger partial charge in [-0.15, -0.1) is 0 Å². The first-order chi connectivity index (χ1) is 7.22. The van der Waals surface area contributed by atoms with Crippen molar-refractivity contribution in [2.24, 2.45) is 0 Å². The standard InChI is InChI=1S/C10H13NO4/c1-2-6-8(10(12)13)15-9(11-6)7-4-3-5-14-7/h7H,2-5H2,1H3,(H,12,13). The van der Waals surface area contributed by atoms with E-state index < -0.39 is 5.97 Å². The number of ether oxygens (including phenoxy) is 1. The number of aromatic nitrogens is 1. The number of hydrogen-bond donors (Lipinski definition) is 1. The SMILES string of the molecule is CCc1nc(C2CCCO2)oc1C(=O)O. The van der Waals surface area contributed by atoms with Crippen LogP contribution in [0.3, 0.4) is 0 Å². The first-order valence-electron chi connectivity index (χ1n) is 5.07. The molecule has 1 N–H and O–H groups in total. The normalized spacial score (nSPS) is 20.7. The summed E-state index contributed by atoms with van der Waals surface area (Å²) < 4.78 is 10.6. The lowest BCUT2D eigenvalue weighted by Crippen LogP contribution is -1.98. The van der Waals surface area contributed by atoms with Crippen molar-refractivity contribution < 1.29 is 19.1 Å². The second-order valence-corrected chi connectivity index (χ2v) is 3.49. The van der Waals surface area contributed by atoms with Crippen molar-refractivity contribution in [1.82, 2.24) is 4.98 Å². The Hall–Kier alpha value is -1.36. The van der Waals surface area contributed by atoms with Gasteiger partial charge in [0.15, 0.2) is 0 Å². The average Bonchev–Trinajstić information content (AvgIpc) is 2.86. The molecule has 0 saturated carbocycles. The van der Waals surface area contributed by atoms with Crippen LogP contribution in [0.5, 0.6) is 0 Å². The van der Waals surface area contributed by atoms with Gasteiger partial charge in [0.1, 0.15) is 6.10 Å². The summed E-state index contributed by atoms with van der Waals surface area (Å²) in [5.41, 5.74) is 0.494. The molecule has 2 heterocycles. The number of oxazole rings is 1. The fourth-order valence-corrected chi connectivity index (χ4v) is 1.69. The van der Waals surface area contributed by atoms with Gasteiger partial charge in [0.05, 0.1) is 5.69 Å². The Labute approximate surface area is 87.1 Å². The summed E-state index contributed by atoms with van der Waals surface area (Å²) in [4.78, 5) is 15.0. The number of aromatic carboxylic acids is 1. The van der Waals surface area contributed by atoms with E-state index in [1.54, 1.807) is 0 Å². The molecule has 1 atom stereocenters. The van der Waals surface area contributed by atoms with Gasteiger partial charge >= 0.3 is 5.97 Å². The maximum absolute atomic E-state index is 10.8. The molecule has 5 nitrogen and oxygen atoms in total. The Balaban J connectivity index is 2.29. The van der Waals surface area contributed by atoms with Crippen LogP contribution in [0.15, 0.2) is 4.42 Å². The molecule has 1 aromatic rings. The molecule has 5 heteroatoms. The van der Waals surface area contributed by atoms with Crippen molar-refractivity contribution >= 4 is 5.97 Å². The molecule has 1 aliphatic heterocycles. The Morgan fingerprint density at radius 2 is 2.47 bits per heavy atom. The molecule has 0 amide bonds. The van der Waals surface area contributed by atoms with Gasteiger partial charge in [0.2, 0.25) is 11.7 Å². The van der Waals surface area contributed by atoms with Crippen LogP contribution in [0.2, 0.25) is 0 Å². The summed E-state index contributed by atoms with van der Waals surface area (Å²) in [5, 5.41) is 8.88. The van der Waals surface area contributed by atoms with Crippen molar-refractivity contribution in [1.29, 1.82) is 0 Å². The lowest BCUT2D eigenvalue weighted by molar-refractivity contribution is 0.0632. The van der Waals surface area contributed by atoms with E-state index in [-0.39, 0.29) is 11.9 Å². The molecule has 1 aromatic heterocycles. The number of carboxylic acids is 1. The zero-order chi connectivity index (χ0) is 10.8. The predicted molar refractivity (Wildman–Crippen MR) is 50.8 cm³/mol. The van der Waals surface area contributed by atoms with Crippen LogP contribution in [-0.2, 0) is 11.2 Å². The molecule has 0 radical (unpaired) electrons. The average molecular weight is 211 g/mol. The van der Waals surface area contributed by atoms with Crippen LogP contribution < -0.4 is 0 Å². The minimum Gasteiger partial charge on any atom is -0.475 e. The van der Waals surface area contributed by atoms with Crippen LogP contribution in [0.4, 0.5) is 0 Å². The van der Waals surface area contributed by atoms with E-state index in [0.717, 1.165) is 12.8 Å².